The van der Waals surface area contributed by atoms with Crippen molar-refractivity contribution in [1.82, 2.24) is 9.88 Å². The lowest BCUT2D eigenvalue weighted by Crippen LogP contribution is -2.37. The van der Waals surface area contributed by atoms with Crippen molar-refractivity contribution in [3.05, 3.63) is 58.3 Å². The van der Waals surface area contributed by atoms with E-state index in [1.54, 1.807) is 14.2 Å². The number of rotatable bonds is 5. The molecule has 2 aromatic carbocycles. The highest BCUT2D eigenvalue weighted by molar-refractivity contribution is 6.10. The number of hydrogen-bond acceptors (Lipinski definition) is 4. The van der Waals surface area contributed by atoms with E-state index in [1.165, 1.54) is 16.7 Å². The molecule has 0 saturated carbocycles. The predicted molar refractivity (Wildman–Crippen MR) is 115 cm³/mol. The number of aryl methyl sites for hydroxylation is 2. The number of benzene rings is 2. The van der Waals surface area contributed by atoms with Gasteiger partial charge < -0.3 is 14.5 Å². The number of methoxy groups -OCH3 is 2. The van der Waals surface area contributed by atoms with Crippen molar-refractivity contribution in [2.45, 2.75) is 33.2 Å². The number of H-pyrrole nitrogens is 1. The molecular weight excluding hydrogens is 364 g/mol. The summed E-state index contributed by atoms with van der Waals surface area (Å²) in [6.45, 7) is 7.44. The van der Waals surface area contributed by atoms with Crippen LogP contribution in [0.25, 0.3) is 10.9 Å². The molecule has 1 aliphatic rings. The fourth-order valence-corrected chi connectivity index (χ4v) is 4.48. The molecule has 0 amide bonds. The van der Waals surface area contributed by atoms with Crippen LogP contribution in [0.1, 0.15) is 45.7 Å². The van der Waals surface area contributed by atoms with Gasteiger partial charge in [0.15, 0.2) is 17.3 Å². The Bertz CT molecular complexity index is 1080. The van der Waals surface area contributed by atoms with E-state index in [2.05, 4.69) is 48.0 Å². The third-order valence-corrected chi connectivity index (χ3v) is 6.08. The largest absolute Gasteiger partial charge is 0.493 e. The molecule has 0 aliphatic carbocycles. The minimum atomic E-state index is 0.135. The van der Waals surface area contributed by atoms with Gasteiger partial charge in [0.25, 0.3) is 0 Å². The normalized spacial score (nSPS) is 16.7. The monoisotopic (exact) mass is 392 g/mol. The summed E-state index contributed by atoms with van der Waals surface area (Å²) in [7, 11) is 3.31. The van der Waals surface area contributed by atoms with Gasteiger partial charge in [0.05, 0.1) is 20.8 Å². The van der Waals surface area contributed by atoms with Crippen molar-refractivity contribution in [1.29, 1.82) is 0 Å². The summed E-state index contributed by atoms with van der Waals surface area (Å²) < 4.78 is 10.9. The van der Waals surface area contributed by atoms with Crippen molar-refractivity contribution < 1.29 is 14.3 Å². The molecule has 0 unspecified atom stereocenters. The van der Waals surface area contributed by atoms with E-state index >= 15 is 0 Å². The molecule has 3 aromatic rings. The zero-order chi connectivity index (χ0) is 20.7. The Morgan fingerprint density at radius 3 is 2.59 bits per heavy atom. The van der Waals surface area contributed by atoms with Crippen LogP contribution in [0, 0.1) is 13.8 Å². The Labute approximate surface area is 171 Å². The number of aromatic nitrogens is 1. The smallest absolute Gasteiger partial charge is 0.179 e. The standard InChI is InChI=1S/C24H28N2O3/c1-14-6-7-18-20(10-14)25-15(2)24(18)21(27)13-26-9-8-17-11-22(28-4)23(29-5)12-19(17)16(26)3/h6-7,10-12,16,25H,8-9,13H2,1-5H3/t16-/m0/s1. The summed E-state index contributed by atoms with van der Waals surface area (Å²) >= 11 is 0. The summed E-state index contributed by atoms with van der Waals surface area (Å²) in [4.78, 5) is 18.9. The first kappa shape index (κ1) is 19.5. The van der Waals surface area contributed by atoms with Crippen molar-refractivity contribution >= 4 is 16.7 Å². The maximum absolute atomic E-state index is 13.3. The van der Waals surface area contributed by atoms with E-state index in [0.29, 0.717) is 6.54 Å². The van der Waals surface area contributed by atoms with Gasteiger partial charge in [0.2, 0.25) is 0 Å². The van der Waals surface area contributed by atoms with Gasteiger partial charge in [-0.05, 0) is 62.1 Å². The Kier molecular flexibility index (Phi) is 5.09. The predicted octanol–water partition coefficient (Wildman–Crippen LogP) is 4.60. The highest BCUT2D eigenvalue weighted by atomic mass is 16.5. The molecule has 0 fully saturated rings. The maximum Gasteiger partial charge on any atom is 0.179 e. The summed E-state index contributed by atoms with van der Waals surface area (Å²) in [5.74, 6) is 1.65. The fraction of sp³-hybridized carbons (Fsp3) is 0.375. The van der Waals surface area contributed by atoms with Crippen molar-refractivity contribution in [3.63, 3.8) is 0 Å². The van der Waals surface area contributed by atoms with Gasteiger partial charge in [0, 0.05) is 34.7 Å². The first-order chi connectivity index (χ1) is 13.9. The zero-order valence-corrected chi connectivity index (χ0v) is 17.8. The second-order valence-electron chi connectivity index (χ2n) is 7.90. The average Bonchev–Trinajstić information content (AvgIpc) is 3.03. The number of Topliss-reactive ketones (excluding diaryl/α,β-unsaturated/α-hetero) is 1. The van der Waals surface area contributed by atoms with Gasteiger partial charge in [-0.1, -0.05) is 12.1 Å². The molecule has 1 aliphatic heterocycles. The number of ketones is 1. The number of carbonyl (C=O) groups excluding carboxylic acids is 1. The Hall–Kier alpha value is -2.79. The number of carbonyl (C=O) groups is 1. The van der Waals surface area contributed by atoms with Crippen LogP contribution < -0.4 is 9.47 Å². The molecule has 0 bridgehead atoms. The van der Waals surface area contributed by atoms with Gasteiger partial charge in [-0.3, -0.25) is 9.69 Å². The number of nitrogens with zero attached hydrogens (tertiary/aromatic N) is 1. The lowest BCUT2D eigenvalue weighted by molar-refractivity contribution is 0.0891. The highest BCUT2D eigenvalue weighted by Gasteiger charge is 2.28. The van der Waals surface area contributed by atoms with E-state index in [9.17, 15) is 4.79 Å². The lowest BCUT2D eigenvalue weighted by Gasteiger charge is -2.35. The zero-order valence-electron chi connectivity index (χ0n) is 17.8. The second kappa shape index (κ2) is 7.56. The Morgan fingerprint density at radius 2 is 1.86 bits per heavy atom. The van der Waals surface area contributed by atoms with Crippen LogP contribution in [0.2, 0.25) is 0 Å². The number of nitrogens with one attached hydrogen (secondary N) is 1. The topological polar surface area (TPSA) is 54.6 Å². The van der Waals surface area contributed by atoms with Crippen LogP contribution in [0.4, 0.5) is 0 Å². The molecule has 5 nitrogen and oxygen atoms in total. The van der Waals surface area contributed by atoms with E-state index in [-0.39, 0.29) is 11.8 Å². The van der Waals surface area contributed by atoms with E-state index in [4.69, 9.17) is 9.47 Å². The second-order valence-corrected chi connectivity index (χ2v) is 7.90. The number of aromatic amines is 1. The molecule has 2 heterocycles. The molecule has 4 rings (SSSR count). The van der Waals surface area contributed by atoms with Gasteiger partial charge in [-0.2, -0.15) is 0 Å². The summed E-state index contributed by atoms with van der Waals surface area (Å²) in [6, 6.07) is 10.5. The van der Waals surface area contributed by atoms with E-state index < -0.39 is 0 Å². The van der Waals surface area contributed by atoms with Crippen LogP contribution >= 0.6 is 0 Å². The average molecular weight is 392 g/mol. The highest BCUT2D eigenvalue weighted by Crippen LogP contribution is 2.38. The molecule has 0 saturated heterocycles. The number of ether oxygens (including phenoxy) is 2. The molecule has 0 spiro atoms. The SMILES string of the molecule is COc1cc2c(cc1OC)[C@H](C)N(CC(=O)c1c(C)[nH]c3cc(C)ccc13)CC2. The third-order valence-electron chi connectivity index (χ3n) is 6.08. The number of hydrogen-bond donors (Lipinski definition) is 1. The van der Waals surface area contributed by atoms with Gasteiger partial charge in [-0.15, -0.1) is 0 Å². The summed E-state index contributed by atoms with van der Waals surface area (Å²) in [6.07, 6.45) is 0.888. The molecule has 1 aromatic heterocycles. The molecule has 5 heteroatoms. The molecule has 29 heavy (non-hydrogen) atoms. The number of fused-ring (bicyclic) bond motifs is 2. The van der Waals surface area contributed by atoms with Crippen LogP contribution in [-0.2, 0) is 6.42 Å². The van der Waals surface area contributed by atoms with Crippen LogP contribution in [0.15, 0.2) is 30.3 Å². The first-order valence-corrected chi connectivity index (χ1v) is 10.0. The van der Waals surface area contributed by atoms with Gasteiger partial charge >= 0.3 is 0 Å². The Balaban J connectivity index is 1.61. The van der Waals surface area contributed by atoms with E-state index in [1.807, 2.05) is 13.0 Å². The molecular formula is C24H28N2O3. The van der Waals surface area contributed by atoms with Crippen molar-refractivity contribution in [2.24, 2.45) is 0 Å². The third kappa shape index (κ3) is 3.40. The summed E-state index contributed by atoms with van der Waals surface area (Å²) in [5, 5.41) is 1.01. The van der Waals surface area contributed by atoms with Crippen LogP contribution in [0.5, 0.6) is 11.5 Å². The fourth-order valence-electron chi connectivity index (χ4n) is 4.48. The molecule has 1 atom stereocenters. The first-order valence-electron chi connectivity index (χ1n) is 10.0. The van der Waals surface area contributed by atoms with Crippen molar-refractivity contribution in [3.8, 4) is 11.5 Å². The minimum Gasteiger partial charge on any atom is -0.493 e. The lowest BCUT2D eigenvalue weighted by atomic mass is 9.92. The Morgan fingerprint density at radius 1 is 1.14 bits per heavy atom. The maximum atomic E-state index is 13.3. The van der Waals surface area contributed by atoms with E-state index in [0.717, 1.165) is 46.6 Å². The molecule has 0 radical (unpaired) electrons. The molecule has 1 N–H and O–H groups in total. The summed E-state index contributed by atoms with van der Waals surface area (Å²) in [5.41, 5.74) is 6.42. The van der Waals surface area contributed by atoms with Gasteiger partial charge in [0.1, 0.15) is 0 Å². The quantitative estimate of drug-likeness (QED) is 0.645. The van der Waals surface area contributed by atoms with Crippen LogP contribution in [-0.4, -0.2) is 43.0 Å². The minimum absolute atomic E-state index is 0.135. The van der Waals surface area contributed by atoms with Crippen molar-refractivity contribution in [2.75, 3.05) is 27.3 Å². The van der Waals surface area contributed by atoms with Crippen LogP contribution in [0.3, 0.4) is 0 Å². The van der Waals surface area contributed by atoms with Gasteiger partial charge in [-0.25, -0.2) is 0 Å². The molecule has 152 valence electrons.